The van der Waals surface area contributed by atoms with Gasteiger partial charge >= 0.3 is 0 Å². The zero-order valence-electron chi connectivity index (χ0n) is 14.0. The fourth-order valence-corrected chi connectivity index (χ4v) is 2.88. The standard InChI is InChI=1S/C17H26Cl5NO/c1-14(24)23-15(10-6-2-3-8-12-16(18)19)11-7-4-5-9-13-17(20,21)22/h15-16H,2,4-7,9-13H2,1H3,(H,23,24). The second-order valence-corrected chi connectivity index (χ2v) is 9.60. The molecule has 140 valence electrons. The first-order valence-electron chi connectivity index (χ1n) is 8.28. The lowest BCUT2D eigenvalue weighted by atomic mass is 10.0. The number of hydrogen-bond donors (Lipinski definition) is 1. The molecular weight excluding hydrogens is 411 g/mol. The highest BCUT2D eigenvalue weighted by Crippen LogP contribution is 2.32. The van der Waals surface area contributed by atoms with E-state index in [9.17, 15) is 4.79 Å². The third kappa shape index (κ3) is 18.8. The molecule has 1 amide bonds. The molecule has 0 radical (unpaired) electrons. The lowest BCUT2D eigenvalue weighted by Gasteiger charge is -2.17. The Hall–Kier alpha value is 0.480. The van der Waals surface area contributed by atoms with Crippen LogP contribution in [0.2, 0.25) is 0 Å². The molecule has 0 aromatic carbocycles. The number of hydrogen-bond acceptors (Lipinski definition) is 1. The van der Waals surface area contributed by atoms with Crippen LogP contribution in [-0.4, -0.2) is 20.6 Å². The van der Waals surface area contributed by atoms with Crippen molar-refractivity contribution in [1.82, 2.24) is 5.32 Å². The van der Waals surface area contributed by atoms with Crippen molar-refractivity contribution in [1.29, 1.82) is 0 Å². The molecule has 0 spiro atoms. The Morgan fingerprint density at radius 1 is 1.00 bits per heavy atom. The van der Waals surface area contributed by atoms with Crippen LogP contribution in [0.15, 0.2) is 0 Å². The Kier molecular flexibility index (Phi) is 14.9. The SMILES string of the molecule is CC(=O)NC(CCCC#CCC(Cl)Cl)CCCCCCC(Cl)(Cl)Cl. The van der Waals surface area contributed by atoms with Gasteiger partial charge in [-0.1, -0.05) is 54.1 Å². The molecule has 1 N–H and O–H groups in total. The first-order valence-corrected chi connectivity index (χ1v) is 10.3. The van der Waals surface area contributed by atoms with E-state index in [-0.39, 0.29) is 11.9 Å². The van der Waals surface area contributed by atoms with Gasteiger partial charge < -0.3 is 5.32 Å². The molecule has 24 heavy (non-hydrogen) atoms. The smallest absolute Gasteiger partial charge is 0.217 e. The van der Waals surface area contributed by atoms with Crippen LogP contribution >= 0.6 is 58.0 Å². The molecule has 0 fully saturated rings. The minimum absolute atomic E-state index is 0.00871. The zero-order chi connectivity index (χ0) is 18.4. The van der Waals surface area contributed by atoms with E-state index in [1.165, 1.54) is 0 Å². The van der Waals surface area contributed by atoms with E-state index in [0.717, 1.165) is 51.4 Å². The van der Waals surface area contributed by atoms with Crippen LogP contribution in [0.5, 0.6) is 0 Å². The molecule has 0 aromatic rings. The van der Waals surface area contributed by atoms with Gasteiger partial charge in [0, 0.05) is 25.8 Å². The van der Waals surface area contributed by atoms with Gasteiger partial charge in [-0.3, -0.25) is 4.79 Å². The van der Waals surface area contributed by atoms with E-state index in [2.05, 4.69) is 17.2 Å². The van der Waals surface area contributed by atoms with E-state index >= 15 is 0 Å². The summed E-state index contributed by atoms with van der Waals surface area (Å²) in [5, 5.41) is 3.01. The number of nitrogens with one attached hydrogen (secondary N) is 1. The number of rotatable bonds is 11. The first-order chi connectivity index (χ1) is 11.2. The van der Waals surface area contributed by atoms with Gasteiger partial charge in [0.15, 0.2) is 3.79 Å². The fraction of sp³-hybridized carbons (Fsp3) is 0.824. The molecule has 0 rings (SSSR count). The van der Waals surface area contributed by atoms with E-state index < -0.39 is 8.63 Å². The molecule has 0 saturated heterocycles. The normalized spacial score (nSPS) is 12.6. The lowest BCUT2D eigenvalue weighted by Crippen LogP contribution is -2.32. The molecule has 0 aliphatic rings. The van der Waals surface area contributed by atoms with E-state index in [1.807, 2.05) is 0 Å². The maximum absolute atomic E-state index is 11.3. The molecule has 0 heterocycles. The third-order valence-electron chi connectivity index (χ3n) is 3.41. The van der Waals surface area contributed by atoms with Crippen LogP contribution in [0.3, 0.4) is 0 Å². The lowest BCUT2D eigenvalue weighted by molar-refractivity contribution is -0.119. The summed E-state index contributed by atoms with van der Waals surface area (Å²) in [6.45, 7) is 1.55. The summed E-state index contributed by atoms with van der Waals surface area (Å²) in [5.74, 6) is 6.01. The summed E-state index contributed by atoms with van der Waals surface area (Å²) in [6.07, 6.45) is 8.76. The quantitative estimate of drug-likeness (QED) is 0.221. The van der Waals surface area contributed by atoms with Crippen LogP contribution in [0.25, 0.3) is 0 Å². The fourth-order valence-electron chi connectivity index (χ4n) is 2.32. The average molecular weight is 438 g/mol. The van der Waals surface area contributed by atoms with Crippen molar-refractivity contribution in [2.45, 2.75) is 85.8 Å². The highest BCUT2D eigenvalue weighted by molar-refractivity contribution is 6.67. The Bertz CT molecular complexity index is 398. The highest BCUT2D eigenvalue weighted by atomic mass is 35.6. The van der Waals surface area contributed by atoms with Gasteiger partial charge in [0.2, 0.25) is 5.91 Å². The maximum Gasteiger partial charge on any atom is 0.217 e. The van der Waals surface area contributed by atoms with Crippen LogP contribution in [0.1, 0.15) is 71.1 Å². The van der Waals surface area contributed by atoms with Crippen molar-refractivity contribution in [3.05, 3.63) is 0 Å². The van der Waals surface area contributed by atoms with Gasteiger partial charge in [0.1, 0.15) is 4.84 Å². The van der Waals surface area contributed by atoms with Crippen molar-refractivity contribution in [3.8, 4) is 11.8 Å². The number of halogens is 5. The third-order valence-corrected chi connectivity index (χ3v) is 4.28. The number of alkyl halides is 5. The molecule has 0 aliphatic carbocycles. The number of amides is 1. The molecule has 1 atom stereocenters. The van der Waals surface area contributed by atoms with Crippen LogP contribution < -0.4 is 5.32 Å². The number of unbranched alkanes of at least 4 members (excludes halogenated alkanes) is 4. The number of carbonyl (C=O) groups is 1. The predicted octanol–water partition coefficient (Wildman–Crippen LogP) is 6.57. The molecule has 1 unspecified atom stereocenters. The van der Waals surface area contributed by atoms with Crippen molar-refractivity contribution in [2.75, 3.05) is 0 Å². The molecule has 0 aromatic heterocycles. The maximum atomic E-state index is 11.3. The van der Waals surface area contributed by atoms with Crippen LogP contribution in [0, 0.1) is 11.8 Å². The van der Waals surface area contributed by atoms with E-state index in [1.54, 1.807) is 6.92 Å². The minimum Gasteiger partial charge on any atom is -0.354 e. The van der Waals surface area contributed by atoms with E-state index in [4.69, 9.17) is 58.0 Å². The van der Waals surface area contributed by atoms with Gasteiger partial charge in [-0.2, -0.15) is 0 Å². The zero-order valence-corrected chi connectivity index (χ0v) is 17.8. The van der Waals surface area contributed by atoms with Crippen molar-refractivity contribution in [3.63, 3.8) is 0 Å². The summed E-state index contributed by atoms with van der Waals surface area (Å²) in [7, 11) is 0. The summed E-state index contributed by atoms with van der Waals surface area (Å²) >= 11 is 28.4. The Morgan fingerprint density at radius 3 is 2.21 bits per heavy atom. The van der Waals surface area contributed by atoms with Crippen LogP contribution in [0.4, 0.5) is 0 Å². The predicted molar refractivity (Wildman–Crippen MR) is 107 cm³/mol. The number of carbonyl (C=O) groups excluding carboxylic acids is 1. The Balaban J connectivity index is 3.88. The highest BCUT2D eigenvalue weighted by Gasteiger charge is 2.18. The van der Waals surface area contributed by atoms with Gasteiger partial charge in [-0.15, -0.1) is 35.0 Å². The van der Waals surface area contributed by atoms with Gasteiger partial charge in [0.05, 0.1) is 0 Å². The Morgan fingerprint density at radius 2 is 1.62 bits per heavy atom. The minimum atomic E-state index is -1.15. The summed E-state index contributed by atoms with van der Waals surface area (Å²) < 4.78 is -1.15. The molecule has 0 saturated carbocycles. The van der Waals surface area contributed by atoms with Gasteiger partial charge in [-0.25, -0.2) is 0 Å². The first kappa shape index (κ1) is 24.5. The van der Waals surface area contributed by atoms with Gasteiger partial charge in [0.25, 0.3) is 0 Å². The topological polar surface area (TPSA) is 29.1 Å². The molecule has 7 heteroatoms. The molecule has 0 bridgehead atoms. The Labute approximate surface area is 171 Å². The van der Waals surface area contributed by atoms with Crippen molar-refractivity contribution in [2.24, 2.45) is 0 Å². The summed E-state index contributed by atoms with van der Waals surface area (Å²) in [4.78, 5) is 10.9. The average Bonchev–Trinajstić information content (AvgIpc) is 2.43. The molecular formula is C17H26Cl5NO. The second kappa shape index (κ2) is 14.6. The second-order valence-electron chi connectivity index (χ2n) is 5.81. The summed E-state index contributed by atoms with van der Waals surface area (Å²) in [5.41, 5.74) is 0. The largest absolute Gasteiger partial charge is 0.354 e. The monoisotopic (exact) mass is 435 g/mol. The van der Waals surface area contributed by atoms with Gasteiger partial charge in [-0.05, 0) is 32.1 Å². The van der Waals surface area contributed by atoms with Crippen molar-refractivity contribution >= 4 is 63.9 Å². The molecule has 0 aliphatic heterocycles. The van der Waals surface area contributed by atoms with E-state index in [0.29, 0.717) is 12.8 Å². The van der Waals surface area contributed by atoms with Crippen molar-refractivity contribution < 1.29 is 4.79 Å². The summed E-state index contributed by atoms with van der Waals surface area (Å²) in [6, 6.07) is 0.200. The van der Waals surface area contributed by atoms with Crippen LogP contribution in [-0.2, 0) is 4.79 Å². The molecule has 2 nitrogen and oxygen atoms in total.